The van der Waals surface area contributed by atoms with E-state index in [4.69, 9.17) is 28.9 Å². The Bertz CT molecular complexity index is 502. The largest absolute Gasteiger partial charge is 0.322 e. The molecule has 0 bridgehead atoms. The first-order valence-corrected chi connectivity index (χ1v) is 5.88. The average molecular weight is 268 g/mol. The molecule has 0 fully saturated rings. The maximum atomic E-state index is 6.07. The molecule has 0 aliphatic rings. The highest BCUT2D eigenvalue weighted by molar-refractivity contribution is 6.34. The molecule has 1 atom stereocenters. The van der Waals surface area contributed by atoms with Crippen molar-refractivity contribution in [3.05, 3.63) is 58.1 Å². The SMILES string of the molecule is NC(Cc1ccncc1)c1ncc(Cl)cc1Cl. The molecule has 2 aromatic heterocycles. The highest BCUT2D eigenvalue weighted by Crippen LogP contribution is 2.24. The summed E-state index contributed by atoms with van der Waals surface area (Å²) in [5, 5.41) is 1.01. The number of rotatable bonds is 3. The molecule has 3 nitrogen and oxygen atoms in total. The number of nitrogens with two attached hydrogens (primary N) is 1. The van der Waals surface area contributed by atoms with Crippen LogP contribution in [-0.4, -0.2) is 9.97 Å². The second kappa shape index (κ2) is 5.45. The van der Waals surface area contributed by atoms with Crippen molar-refractivity contribution in [2.75, 3.05) is 0 Å². The van der Waals surface area contributed by atoms with E-state index in [1.54, 1.807) is 24.7 Å². The van der Waals surface area contributed by atoms with E-state index in [2.05, 4.69) is 9.97 Å². The Morgan fingerprint density at radius 1 is 1.24 bits per heavy atom. The fraction of sp³-hybridized carbons (Fsp3) is 0.167. The van der Waals surface area contributed by atoms with Crippen LogP contribution in [0, 0.1) is 0 Å². The van der Waals surface area contributed by atoms with Gasteiger partial charge in [-0.15, -0.1) is 0 Å². The molecule has 0 aliphatic carbocycles. The van der Waals surface area contributed by atoms with E-state index in [0.29, 0.717) is 22.2 Å². The van der Waals surface area contributed by atoms with Gasteiger partial charge in [-0.3, -0.25) is 9.97 Å². The number of nitrogens with zero attached hydrogens (tertiary/aromatic N) is 2. The fourth-order valence-electron chi connectivity index (χ4n) is 1.57. The summed E-state index contributed by atoms with van der Waals surface area (Å²) < 4.78 is 0. The van der Waals surface area contributed by atoms with Crippen LogP contribution in [0.1, 0.15) is 17.3 Å². The quantitative estimate of drug-likeness (QED) is 0.930. The van der Waals surface area contributed by atoms with E-state index in [9.17, 15) is 0 Å². The zero-order valence-electron chi connectivity index (χ0n) is 8.98. The smallest absolute Gasteiger partial charge is 0.0761 e. The molecule has 17 heavy (non-hydrogen) atoms. The molecule has 88 valence electrons. The average Bonchev–Trinajstić information content (AvgIpc) is 2.30. The third-order valence-electron chi connectivity index (χ3n) is 2.39. The molecular formula is C12H11Cl2N3. The van der Waals surface area contributed by atoms with Gasteiger partial charge in [0.15, 0.2) is 0 Å². The first-order valence-electron chi connectivity index (χ1n) is 5.12. The van der Waals surface area contributed by atoms with Gasteiger partial charge in [0.25, 0.3) is 0 Å². The van der Waals surface area contributed by atoms with Gasteiger partial charge in [-0.25, -0.2) is 0 Å². The summed E-state index contributed by atoms with van der Waals surface area (Å²) in [5.41, 5.74) is 7.83. The fourth-order valence-corrected chi connectivity index (χ4v) is 2.09. The third-order valence-corrected chi connectivity index (χ3v) is 2.90. The predicted octanol–water partition coefficient (Wildman–Crippen LogP) is 3.03. The van der Waals surface area contributed by atoms with Crippen LogP contribution >= 0.6 is 23.2 Å². The van der Waals surface area contributed by atoms with Crippen molar-refractivity contribution < 1.29 is 0 Å². The van der Waals surface area contributed by atoms with Gasteiger partial charge in [0.2, 0.25) is 0 Å². The number of hydrogen-bond acceptors (Lipinski definition) is 3. The van der Waals surface area contributed by atoms with Gasteiger partial charge in [0, 0.05) is 18.6 Å². The number of pyridine rings is 2. The van der Waals surface area contributed by atoms with E-state index in [-0.39, 0.29) is 6.04 Å². The molecular weight excluding hydrogens is 257 g/mol. The van der Waals surface area contributed by atoms with Gasteiger partial charge in [-0.1, -0.05) is 23.2 Å². The van der Waals surface area contributed by atoms with Crippen molar-refractivity contribution in [1.29, 1.82) is 0 Å². The predicted molar refractivity (Wildman–Crippen MR) is 69.1 cm³/mol. The highest BCUT2D eigenvalue weighted by atomic mass is 35.5. The summed E-state index contributed by atoms with van der Waals surface area (Å²) in [7, 11) is 0. The zero-order valence-corrected chi connectivity index (χ0v) is 10.5. The van der Waals surface area contributed by atoms with Gasteiger partial charge in [-0.05, 0) is 30.2 Å². The molecule has 5 heteroatoms. The molecule has 0 saturated carbocycles. The van der Waals surface area contributed by atoms with E-state index < -0.39 is 0 Å². The van der Waals surface area contributed by atoms with Gasteiger partial charge in [-0.2, -0.15) is 0 Å². The highest BCUT2D eigenvalue weighted by Gasteiger charge is 2.12. The molecule has 0 spiro atoms. The summed E-state index contributed by atoms with van der Waals surface area (Å²) in [4.78, 5) is 8.12. The minimum Gasteiger partial charge on any atom is -0.322 e. The first kappa shape index (κ1) is 12.3. The van der Waals surface area contributed by atoms with E-state index in [1.165, 1.54) is 0 Å². The lowest BCUT2D eigenvalue weighted by molar-refractivity contribution is 0.696. The van der Waals surface area contributed by atoms with Crippen LogP contribution in [0.2, 0.25) is 10.0 Å². The van der Waals surface area contributed by atoms with Crippen molar-refractivity contribution in [1.82, 2.24) is 9.97 Å². The monoisotopic (exact) mass is 267 g/mol. The van der Waals surface area contributed by atoms with Crippen LogP contribution in [0.3, 0.4) is 0 Å². The minimum absolute atomic E-state index is 0.248. The molecule has 2 aromatic rings. The van der Waals surface area contributed by atoms with Crippen molar-refractivity contribution in [3.63, 3.8) is 0 Å². The van der Waals surface area contributed by atoms with E-state index in [0.717, 1.165) is 5.56 Å². The molecule has 0 radical (unpaired) electrons. The van der Waals surface area contributed by atoms with Crippen LogP contribution < -0.4 is 5.73 Å². The Morgan fingerprint density at radius 2 is 1.94 bits per heavy atom. The van der Waals surface area contributed by atoms with Crippen molar-refractivity contribution in [2.45, 2.75) is 12.5 Å². The van der Waals surface area contributed by atoms with Gasteiger partial charge < -0.3 is 5.73 Å². The Hall–Kier alpha value is -1.16. The number of halogens is 2. The summed E-state index contributed by atoms with van der Waals surface area (Å²) in [6, 6.07) is 5.24. The van der Waals surface area contributed by atoms with Crippen LogP contribution in [-0.2, 0) is 6.42 Å². The van der Waals surface area contributed by atoms with Crippen LogP contribution in [0.5, 0.6) is 0 Å². The lowest BCUT2D eigenvalue weighted by Gasteiger charge is -2.12. The molecule has 0 aromatic carbocycles. The first-order chi connectivity index (χ1) is 8.16. The Labute approximate surface area is 110 Å². The molecule has 1 unspecified atom stereocenters. The lowest BCUT2D eigenvalue weighted by Crippen LogP contribution is -2.15. The van der Waals surface area contributed by atoms with E-state index >= 15 is 0 Å². The Balaban J connectivity index is 2.17. The van der Waals surface area contributed by atoms with Gasteiger partial charge >= 0.3 is 0 Å². The van der Waals surface area contributed by atoms with E-state index in [1.807, 2.05) is 12.1 Å². The standard InChI is InChI=1S/C12H11Cl2N3/c13-9-6-10(14)12(17-7-9)11(15)5-8-1-3-16-4-2-8/h1-4,6-7,11H,5,15H2. The number of hydrogen-bond donors (Lipinski definition) is 1. The summed E-state index contributed by atoms with van der Waals surface area (Å²) in [5.74, 6) is 0. The van der Waals surface area contributed by atoms with Crippen LogP contribution in [0.25, 0.3) is 0 Å². The summed E-state index contributed by atoms with van der Waals surface area (Å²) >= 11 is 11.8. The van der Waals surface area contributed by atoms with Crippen LogP contribution in [0.15, 0.2) is 36.8 Å². The van der Waals surface area contributed by atoms with Crippen molar-refractivity contribution >= 4 is 23.2 Å². The molecule has 2 N–H and O–H groups in total. The van der Waals surface area contributed by atoms with Crippen LogP contribution in [0.4, 0.5) is 0 Å². The summed E-state index contributed by atoms with van der Waals surface area (Å²) in [6.07, 6.45) is 5.68. The Kier molecular flexibility index (Phi) is 3.94. The lowest BCUT2D eigenvalue weighted by atomic mass is 10.0. The molecule has 0 aliphatic heterocycles. The molecule has 0 saturated heterocycles. The van der Waals surface area contributed by atoms with Gasteiger partial charge in [0.1, 0.15) is 0 Å². The van der Waals surface area contributed by atoms with Crippen molar-refractivity contribution in [3.8, 4) is 0 Å². The topological polar surface area (TPSA) is 51.8 Å². The molecule has 2 heterocycles. The third kappa shape index (κ3) is 3.16. The van der Waals surface area contributed by atoms with Crippen molar-refractivity contribution in [2.24, 2.45) is 5.73 Å². The maximum absolute atomic E-state index is 6.07. The zero-order chi connectivity index (χ0) is 12.3. The molecule has 0 amide bonds. The summed E-state index contributed by atoms with van der Waals surface area (Å²) in [6.45, 7) is 0. The Morgan fingerprint density at radius 3 is 2.59 bits per heavy atom. The van der Waals surface area contributed by atoms with Gasteiger partial charge in [0.05, 0.1) is 21.8 Å². The second-order valence-corrected chi connectivity index (χ2v) is 4.53. The second-order valence-electron chi connectivity index (χ2n) is 3.69. The molecule has 2 rings (SSSR count). The maximum Gasteiger partial charge on any atom is 0.0761 e. The number of aromatic nitrogens is 2. The normalized spacial score (nSPS) is 12.4. The minimum atomic E-state index is -0.248.